The number of benzene rings is 1. The van der Waals surface area contributed by atoms with Crippen molar-refractivity contribution in [3.8, 4) is 0 Å². The minimum absolute atomic E-state index is 0.189. The standard InChI is InChI=1S/C16H17N3O5/c17-15(21)10-3-5-19(6-4-10)14(20)8-23-16(22)11-1-2-13-12(7-11)18-9-24-13/h1-2,7,9-10H,3-6,8H2,(H2,17,21). The number of hydrogen-bond donors (Lipinski definition) is 1. The molecular weight excluding hydrogens is 314 g/mol. The average Bonchev–Trinajstić information content (AvgIpc) is 3.07. The topological polar surface area (TPSA) is 116 Å². The van der Waals surface area contributed by atoms with Gasteiger partial charge in [0.1, 0.15) is 5.52 Å². The molecule has 8 heteroatoms. The summed E-state index contributed by atoms with van der Waals surface area (Å²) in [4.78, 5) is 40.8. The van der Waals surface area contributed by atoms with Gasteiger partial charge in [-0.2, -0.15) is 0 Å². The Morgan fingerprint density at radius 3 is 2.75 bits per heavy atom. The fourth-order valence-electron chi connectivity index (χ4n) is 2.70. The van der Waals surface area contributed by atoms with Crippen molar-refractivity contribution in [1.29, 1.82) is 0 Å². The Labute approximate surface area is 137 Å². The van der Waals surface area contributed by atoms with Crippen molar-refractivity contribution >= 4 is 28.9 Å². The lowest BCUT2D eigenvalue weighted by atomic mass is 9.96. The van der Waals surface area contributed by atoms with E-state index in [9.17, 15) is 14.4 Å². The lowest BCUT2D eigenvalue weighted by Gasteiger charge is -2.30. The first-order valence-corrected chi connectivity index (χ1v) is 7.62. The lowest BCUT2D eigenvalue weighted by Crippen LogP contribution is -2.43. The highest BCUT2D eigenvalue weighted by molar-refractivity contribution is 5.94. The van der Waals surface area contributed by atoms with Crippen molar-refractivity contribution < 1.29 is 23.5 Å². The molecule has 0 radical (unpaired) electrons. The molecule has 0 unspecified atom stereocenters. The minimum Gasteiger partial charge on any atom is -0.452 e. The number of piperidine rings is 1. The van der Waals surface area contributed by atoms with Crippen molar-refractivity contribution in [3.63, 3.8) is 0 Å². The van der Waals surface area contributed by atoms with Crippen LogP contribution in [0.4, 0.5) is 0 Å². The first-order chi connectivity index (χ1) is 11.5. The van der Waals surface area contributed by atoms with E-state index in [1.165, 1.54) is 6.39 Å². The molecule has 0 atom stereocenters. The van der Waals surface area contributed by atoms with E-state index in [2.05, 4.69) is 4.98 Å². The molecule has 2 N–H and O–H groups in total. The summed E-state index contributed by atoms with van der Waals surface area (Å²) in [5, 5.41) is 0. The summed E-state index contributed by atoms with van der Waals surface area (Å²) in [7, 11) is 0. The van der Waals surface area contributed by atoms with E-state index < -0.39 is 5.97 Å². The molecule has 0 aliphatic carbocycles. The maximum atomic E-state index is 12.1. The van der Waals surface area contributed by atoms with Gasteiger partial charge in [0.25, 0.3) is 5.91 Å². The largest absolute Gasteiger partial charge is 0.452 e. The molecule has 2 amide bonds. The minimum atomic E-state index is -0.597. The number of amides is 2. The number of nitrogens with two attached hydrogens (primary N) is 1. The number of rotatable bonds is 4. The summed E-state index contributed by atoms with van der Waals surface area (Å²) in [5.41, 5.74) is 6.68. The van der Waals surface area contributed by atoms with Crippen LogP contribution in [-0.2, 0) is 14.3 Å². The van der Waals surface area contributed by atoms with Crippen LogP contribution < -0.4 is 5.73 Å². The van der Waals surface area contributed by atoms with Gasteiger partial charge < -0.3 is 19.8 Å². The van der Waals surface area contributed by atoms with Crippen LogP contribution in [0.5, 0.6) is 0 Å². The predicted octanol–water partition coefficient (Wildman–Crippen LogP) is 0.709. The molecule has 1 fully saturated rings. The molecule has 0 saturated carbocycles. The molecule has 3 rings (SSSR count). The number of aromatic nitrogens is 1. The summed E-state index contributed by atoms with van der Waals surface area (Å²) < 4.78 is 10.2. The van der Waals surface area contributed by atoms with Gasteiger partial charge in [0.15, 0.2) is 18.6 Å². The monoisotopic (exact) mass is 331 g/mol. The van der Waals surface area contributed by atoms with Crippen LogP contribution in [0, 0.1) is 5.92 Å². The second-order valence-corrected chi connectivity index (χ2v) is 5.67. The van der Waals surface area contributed by atoms with Crippen molar-refractivity contribution in [1.82, 2.24) is 9.88 Å². The Bertz CT molecular complexity index is 777. The number of hydrogen-bond acceptors (Lipinski definition) is 6. The maximum Gasteiger partial charge on any atom is 0.338 e. The van der Waals surface area contributed by atoms with Crippen molar-refractivity contribution in [2.75, 3.05) is 19.7 Å². The maximum absolute atomic E-state index is 12.1. The normalized spacial score (nSPS) is 15.4. The van der Waals surface area contributed by atoms with Crippen molar-refractivity contribution in [3.05, 3.63) is 30.2 Å². The van der Waals surface area contributed by atoms with Crippen molar-refractivity contribution in [2.24, 2.45) is 11.7 Å². The smallest absolute Gasteiger partial charge is 0.338 e. The number of primary amides is 1. The van der Waals surface area contributed by atoms with E-state index in [0.717, 1.165) is 0 Å². The molecule has 2 heterocycles. The van der Waals surface area contributed by atoms with E-state index in [0.29, 0.717) is 42.6 Å². The molecule has 1 aromatic carbocycles. The number of carbonyl (C=O) groups is 3. The SMILES string of the molecule is NC(=O)C1CCN(C(=O)COC(=O)c2ccc3ocnc3c2)CC1. The molecular formula is C16H17N3O5. The fourth-order valence-corrected chi connectivity index (χ4v) is 2.70. The number of esters is 1. The summed E-state index contributed by atoms with van der Waals surface area (Å²) in [6, 6.07) is 4.72. The summed E-state index contributed by atoms with van der Waals surface area (Å²) in [6.07, 6.45) is 2.37. The zero-order valence-corrected chi connectivity index (χ0v) is 12.9. The van der Waals surface area contributed by atoms with Crippen LogP contribution in [0.3, 0.4) is 0 Å². The van der Waals surface area contributed by atoms with Crippen molar-refractivity contribution in [2.45, 2.75) is 12.8 Å². The number of oxazole rings is 1. The highest BCUT2D eigenvalue weighted by Crippen LogP contribution is 2.17. The van der Waals surface area contributed by atoms with Gasteiger partial charge in [0, 0.05) is 19.0 Å². The average molecular weight is 331 g/mol. The fraction of sp³-hybridized carbons (Fsp3) is 0.375. The first-order valence-electron chi connectivity index (χ1n) is 7.62. The van der Waals surface area contributed by atoms with Crippen LogP contribution >= 0.6 is 0 Å². The summed E-state index contributed by atoms with van der Waals surface area (Å²) >= 11 is 0. The molecule has 2 aromatic rings. The molecule has 1 aliphatic rings. The second kappa shape index (κ2) is 6.69. The van der Waals surface area contributed by atoms with Crippen LogP contribution in [-0.4, -0.2) is 47.4 Å². The van der Waals surface area contributed by atoms with Gasteiger partial charge in [-0.1, -0.05) is 0 Å². The molecule has 0 spiro atoms. The highest BCUT2D eigenvalue weighted by Gasteiger charge is 2.26. The van der Waals surface area contributed by atoms with Crippen LogP contribution in [0.1, 0.15) is 23.2 Å². The van der Waals surface area contributed by atoms with E-state index in [-0.39, 0.29) is 24.3 Å². The number of nitrogens with zero attached hydrogens (tertiary/aromatic N) is 2. The van der Waals surface area contributed by atoms with Crippen LogP contribution in [0.25, 0.3) is 11.1 Å². The Morgan fingerprint density at radius 2 is 2.04 bits per heavy atom. The van der Waals surface area contributed by atoms with E-state index in [1.54, 1.807) is 23.1 Å². The molecule has 0 bridgehead atoms. The number of ether oxygens (including phenoxy) is 1. The highest BCUT2D eigenvalue weighted by atomic mass is 16.5. The van der Waals surface area contributed by atoms with Gasteiger partial charge in [0.05, 0.1) is 5.56 Å². The molecule has 8 nitrogen and oxygen atoms in total. The van der Waals surface area contributed by atoms with E-state index in [1.807, 2.05) is 0 Å². The second-order valence-electron chi connectivity index (χ2n) is 5.67. The van der Waals surface area contributed by atoms with Gasteiger partial charge in [0.2, 0.25) is 5.91 Å². The zero-order valence-electron chi connectivity index (χ0n) is 12.9. The quantitative estimate of drug-likeness (QED) is 0.825. The lowest BCUT2D eigenvalue weighted by molar-refractivity contribution is -0.137. The number of carbonyl (C=O) groups excluding carboxylic acids is 3. The van der Waals surface area contributed by atoms with Gasteiger partial charge in [-0.15, -0.1) is 0 Å². The van der Waals surface area contributed by atoms with Crippen LogP contribution in [0.15, 0.2) is 29.0 Å². The third kappa shape index (κ3) is 3.37. The molecule has 24 heavy (non-hydrogen) atoms. The van der Waals surface area contributed by atoms with Crippen LogP contribution in [0.2, 0.25) is 0 Å². The van der Waals surface area contributed by atoms with Gasteiger partial charge in [-0.05, 0) is 31.0 Å². The Hall–Kier alpha value is -2.90. The number of likely N-dealkylation sites (tertiary alicyclic amines) is 1. The van der Waals surface area contributed by atoms with E-state index in [4.69, 9.17) is 14.9 Å². The molecule has 126 valence electrons. The summed E-state index contributed by atoms with van der Waals surface area (Å²) in [6.45, 7) is 0.542. The Morgan fingerprint density at radius 1 is 1.29 bits per heavy atom. The first kappa shape index (κ1) is 16.0. The summed E-state index contributed by atoms with van der Waals surface area (Å²) in [5.74, 6) is -1.41. The molecule has 1 aliphatic heterocycles. The third-order valence-electron chi connectivity index (χ3n) is 4.14. The van der Waals surface area contributed by atoms with Gasteiger partial charge in [-0.25, -0.2) is 9.78 Å². The van der Waals surface area contributed by atoms with Gasteiger partial charge >= 0.3 is 5.97 Å². The Kier molecular flexibility index (Phi) is 4.45. The zero-order chi connectivity index (χ0) is 17.1. The molecule has 1 aromatic heterocycles. The van der Waals surface area contributed by atoms with Gasteiger partial charge in [-0.3, -0.25) is 9.59 Å². The third-order valence-corrected chi connectivity index (χ3v) is 4.14. The Balaban J connectivity index is 1.52. The predicted molar refractivity (Wildman–Crippen MR) is 82.8 cm³/mol. The number of fused-ring (bicyclic) bond motifs is 1. The molecule has 1 saturated heterocycles. The van der Waals surface area contributed by atoms with E-state index >= 15 is 0 Å².